The van der Waals surface area contributed by atoms with Gasteiger partial charge in [0.15, 0.2) is 0 Å². The molecule has 1 N–H and O–H groups in total. The van der Waals surface area contributed by atoms with E-state index in [1.165, 1.54) is 6.08 Å². The summed E-state index contributed by atoms with van der Waals surface area (Å²) in [5.41, 5.74) is -0.560. The van der Waals surface area contributed by atoms with Crippen molar-refractivity contribution in [3.05, 3.63) is 12.7 Å². The second-order valence-electron chi connectivity index (χ2n) is 5.68. The Morgan fingerprint density at radius 2 is 1.88 bits per heavy atom. The lowest BCUT2D eigenvalue weighted by Gasteiger charge is -2.36. The van der Waals surface area contributed by atoms with Crippen LogP contribution in [0.4, 0.5) is 0 Å². The van der Waals surface area contributed by atoms with Crippen molar-refractivity contribution >= 4 is 5.91 Å². The van der Waals surface area contributed by atoms with Gasteiger partial charge in [-0.1, -0.05) is 6.58 Å². The van der Waals surface area contributed by atoms with Crippen LogP contribution in [0.2, 0.25) is 0 Å². The Morgan fingerprint density at radius 1 is 1.38 bits per heavy atom. The maximum absolute atomic E-state index is 11.3. The maximum Gasteiger partial charge on any atom is 0.243 e. The normalized spacial score (nSPS) is 12.7. The van der Waals surface area contributed by atoms with Crippen LogP contribution in [-0.4, -0.2) is 23.2 Å². The highest BCUT2D eigenvalue weighted by Gasteiger charge is 2.30. The van der Waals surface area contributed by atoms with E-state index in [9.17, 15) is 4.79 Å². The minimum Gasteiger partial charge on any atom is -0.373 e. The molecule has 0 bridgehead atoms. The van der Waals surface area contributed by atoms with Crippen molar-refractivity contribution in [1.29, 1.82) is 0 Å². The smallest absolute Gasteiger partial charge is 0.243 e. The number of rotatable bonds is 6. The zero-order valence-electron chi connectivity index (χ0n) is 11.4. The van der Waals surface area contributed by atoms with E-state index in [0.29, 0.717) is 0 Å². The van der Waals surface area contributed by atoms with Gasteiger partial charge in [0, 0.05) is 5.54 Å². The summed E-state index contributed by atoms with van der Waals surface area (Å²) in [7, 11) is 0. The van der Waals surface area contributed by atoms with Crippen LogP contribution in [0.3, 0.4) is 0 Å². The fraction of sp³-hybridized carbons (Fsp3) is 0.769. The molecule has 0 atom stereocenters. The molecule has 0 fully saturated rings. The quantitative estimate of drug-likeness (QED) is 0.708. The molecule has 0 aromatic rings. The van der Waals surface area contributed by atoms with Gasteiger partial charge in [0.2, 0.25) is 5.91 Å². The Bertz CT molecular complexity index is 255. The fourth-order valence-electron chi connectivity index (χ4n) is 2.17. The Hall–Kier alpha value is -0.830. The van der Waals surface area contributed by atoms with Crippen molar-refractivity contribution in [2.45, 2.75) is 65.2 Å². The molecule has 16 heavy (non-hydrogen) atoms. The molecule has 0 saturated carbocycles. The molecule has 0 aromatic carbocycles. The zero-order chi connectivity index (χ0) is 13.0. The van der Waals surface area contributed by atoms with Crippen LogP contribution >= 0.6 is 0 Å². The second kappa shape index (κ2) is 5.48. The number of ether oxygens (including phenoxy) is 1. The molecule has 3 heteroatoms. The molecule has 0 aromatic heterocycles. The van der Waals surface area contributed by atoms with Crippen molar-refractivity contribution in [3.63, 3.8) is 0 Å². The molecule has 0 unspecified atom stereocenters. The Labute approximate surface area is 99.3 Å². The standard InChI is InChI=1S/C13H25NO2/c1-8-11(15)14-12(4,5)9-13(6,7)16-10(2)3/h8,10H,1,9H2,2-7H3,(H,14,15). The monoisotopic (exact) mass is 227 g/mol. The SMILES string of the molecule is C=CC(=O)NC(C)(C)CC(C)(C)OC(C)C. The van der Waals surface area contributed by atoms with E-state index >= 15 is 0 Å². The lowest BCUT2D eigenvalue weighted by atomic mass is 9.89. The second-order valence-corrected chi connectivity index (χ2v) is 5.68. The topological polar surface area (TPSA) is 38.3 Å². The van der Waals surface area contributed by atoms with Gasteiger partial charge in [-0.2, -0.15) is 0 Å². The maximum atomic E-state index is 11.3. The lowest BCUT2D eigenvalue weighted by Crippen LogP contribution is -2.48. The van der Waals surface area contributed by atoms with Gasteiger partial charge in [0.05, 0.1) is 11.7 Å². The van der Waals surface area contributed by atoms with Gasteiger partial charge in [0.25, 0.3) is 0 Å². The van der Waals surface area contributed by atoms with E-state index in [1.54, 1.807) is 0 Å². The predicted octanol–water partition coefficient (Wildman–Crippen LogP) is 2.66. The van der Waals surface area contributed by atoms with Crippen molar-refractivity contribution in [1.82, 2.24) is 5.32 Å². The summed E-state index contributed by atoms with van der Waals surface area (Å²) in [5, 5.41) is 2.90. The van der Waals surface area contributed by atoms with Crippen LogP contribution < -0.4 is 5.32 Å². The molecule has 0 spiro atoms. The number of hydrogen-bond acceptors (Lipinski definition) is 2. The Balaban J connectivity index is 4.44. The van der Waals surface area contributed by atoms with E-state index in [4.69, 9.17) is 4.74 Å². The van der Waals surface area contributed by atoms with Crippen LogP contribution in [0.5, 0.6) is 0 Å². The van der Waals surface area contributed by atoms with E-state index in [1.807, 2.05) is 41.5 Å². The van der Waals surface area contributed by atoms with Gasteiger partial charge in [-0.15, -0.1) is 0 Å². The molecule has 0 aliphatic carbocycles. The number of hydrogen-bond donors (Lipinski definition) is 1. The van der Waals surface area contributed by atoms with Gasteiger partial charge in [-0.05, 0) is 54.0 Å². The summed E-state index contributed by atoms with van der Waals surface area (Å²) >= 11 is 0. The summed E-state index contributed by atoms with van der Waals surface area (Å²) in [5.74, 6) is -0.148. The third-order valence-corrected chi connectivity index (χ3v) is 2.07. The molecule has 0 heterocycles. The summed E-state index contributed by atoms with van der Waals surface area (Å²) in [6.45, 7) is 15.5. The molecular formula is C13H25NO2. The van der Waals surface area contributed by atoms with Gasteiger partial charge in [-0.25, -0.2) is 0 Å². The highest BCUT2D eigenvalue weighted by atomic mass is 16.5. The average Bonchev–Trinajstić information content (AvgIpc) is 1.97. The third-order valence-electron chi connectivity index (χ3n) is 2.07. The Morgan fingerprint density at radius 3 is 2.25 bits per heavy atom. The van der Waals surface area contributed by atoms with E-state index < -0.39 is 0 Å². The summed E-state index contributed by atoms with van der Waals surface area (Å²) in [6.07, 6.45) is 2.22. The van der Waals surface area contributed by atoms with Gasteiger partial charge < -0.3 is 10.1 Å². The highest BCUT2D eigenvalue weighted by Crippen LogP contribution is 2.24. The first-order valence-corrected chi connectivity index (χ1v) is 5.70. The Kier molecular flexibility index (Phi) is 5.20. The molecule has 3 nitrogen and oxygen atoms in total. The molecule has 0 rings (SSSR count). The van der Waals surface area contributed by atoms with E-state index in [2.05, 4.69) is 11.9 Å². The number of nitrogens with one attached hydrogen (secondary N) is 1. The molecule has 0 saturated heterocycles. The lowest BCUT2D eigenvalue weighted by molar-refractivity contribution is -0.119. The van der Waals surface area contributed by atoms with Crippen molar-refractivity contribution in [2.75, 3.05) is 0 Å². The largest absolute Gasteiger partial charge is 0.373 e. The third kappa shape index (κ3) is 6.62. The summed E-state index contributed by atoms with van der Waals surface area (Å²) < 4.78 is 5.81. The van der Waals surface area contributed by atoms with Crippen LogP contribution in [0, 0.1) is 0 Å². The van der Waals surface area contributed by atoms with Crippen molar-refractivity contribution in [2.24, 2.45) is 0 Å². The van der Waals surface area contributed by atoms with Crippen LogP contribution in [0.15, 0.2) is 12.7 Å². The summed E-state index contributed by atoms with van der Waals surface area (Å²) in [4.78, 5) is 11.3. The molecule has 0 aliphatic heterocycles. The van der Waals surface area contributed by atoms with Crippen LogP contribution in [-0.2, 0) is 9.53 Å². The van der Waals surface area contributed by atoms with Crippen LogP contribution in [0.25, 0.3) is 0 Å². The van der Waals surface area contributed by atoms with E-state index in [0.717, 1.165) is 6.42 Å². The number of amides is 1. The first kappa shape index (κ1) is 15.2. The van der Waals surface area contributed by atoms with Crippen molar-refractivity contribution < 1.29 is 9.53 Å². The zero-order valence-corrected chi connectivity index (χ0v) is 11.4. The van der Waals surface area contributed by atoms with Crippen LogP contribution in [0.1, 0.15) is 48.0 Å². The molecule has 0 radical (unpaired) electrons. The molecular weight excluding hydrogens is 202 g/mol. The van der Waals surface area contributed by atoms with Crippen molar-refractivity contribution in [3.8, 4) is 0 Å². The summed E-state index contributed by atoms with van der Waals surface area (Å²) in [6, 6.07) is 0. The molecule has 94 valence electrons. The molecule has 1 amide bonds. The fourth-order valence-corrected chi connectivity index (χ4v) is 2.17. The molecule has 0 aliphatic rings. The minimum absolute atomic E-state index is 0.148. The number of carbonyl (C=O) groups excluding carboxylic acids is 1. The first-order chi connectivity index (χ1) is 7.08. The van der Waals surface area contributed by atoms with Gasteiger partial charge >= 0.3 is 0 Å². The van der Waals surface area contributed by atoms with Gasteiger partial charge in [-0.3, -0.25) is 4.79 Å². The minimum atomic E-state index is -0.302. The highest BCUT2D eigenvalue weighted by molar-refractivity contribution is 5.87. The van der Waals surface area contributed by atoms with E-state index in [-0.39, 0.29) is 23.2 Å². The number of carbonyl (C=O) groups is 1. The van der Waals surface area contributed by atoms with Gasteiger partial charge in [0.1, 0.15) is 0 Å². The average molecular weight is 227 g/mol. The predicted molar refractivity (Wildman–Crippen MR) is 67.3 cm³/mol. The first-order valence-electron chi connectivity index (χ1n) is 5.70.